The maximum atomic E-state index is 13.1. The number of halogens is 1. The molecule has 8 heteroatoms. The van der Waals surface area contributed by atoms with E-state index < -0.39 is 0 Å². The fourth-order valence-corrected chi connectivity index (χ4v) is 4.76. The molecule has 4 aromatic rings. The number of anilines is 1. The van der Waals surface area contributed by atoms with Gasteiger partial charge in [0.15, 0.2) is 11.0 Å². The SMILES string of the molecule is CCn1c(SCc2ccc(F)cc2)nnc1-c1ccc(N2C(=O)c3ccccc3C2=O)cc1. The second kappa shape index (κ2) is 8.63. The quantitative estimate of drug-likeness (QED) is 0.294. The number of aromatic nitrogens is 3. The lowest BCUT2D eigenvalue weighted by Gasteiger charge is -2.14. The lowest BCUT2D eigenvalue weighted by molar-refractivity contribution is 0.0926. The van der Waals surface area contributed by atoms with Crippen LogP contribution in [0.1, 0.15) is 33.2 Å². The Labute approximate surface area is 194 Å². The Kier molecular flexibility index (Phi) is 5.51. The van der Waals surface area contributed by atoms with Gasteiger partial charge in [0.25, 0.3) is 11.8 Å². The van der Waals surface area contributed by atoms with Gasteiger partial charge in [0, 0.05) is 17.9 Å². The Balaban J connectivity index is 1.37. The van der Waals surface area contributed by atoms with Gasteiger partial charge in [0.05, 0.1) is 16.8 Å². The summed E-state index contributed by atoms with van der Waals surface area (Å²) in [4.78, 5) is 26.7. The first-order valence-electron chi connectivity index (χ1n) is 10.5. The minimum atomic E-state index is -0.320. The summed E-state index contributed by atoms with van der Waals surface area (Å²) in [7, 11) is 0. The first-order valence-corrected chi connectivity index (χ1v) is 11.4. The number of rotatable bonds is 6. The van der Waals surface area contributed by atoms with Crippen LogP contribution in [0.4, 0.5) is 10.1 Å². The van der Waals surface area contributed by atoms with E-state index in [-0.39, 0.29) is 17.6 Å². The van der Waals surface area contributed by atoms with Crippen LogP contribution in [0.15, 0.2) is 78.0 Å². The van der Waals surface area contributed by atoms with Crippen molar-refractivity contribution in [2.75, 3.05) is 4.90 Å². The molecule has 33 heavy (non-hydrogen) atoms. The fourth-order valence-electron chi connectivity index (χ4n) is 3.81. The number of hydrogen-bond acceptors (Lipinski definition) is 5. The molecule has 0 unspecified atom stereocenters. The molecule has 0 saturated carbocycles. The van der Waals surface area contributed by atoms with E-state index in [1.54, 1.807) is 48.5 Å². The smallest absolute Gasteiger partial charge is 0.266 e. The predicted octanol–water partition coefficient (Wildman–Crippen LogP) is 5.20. The number of thioether (sulfide) groups is 1. The van der Waals surface area contributed by atoms with Gasteiger partial charge < -0.3 is 4.57 Å². The highest BCUT2D eigenvalue weighted by Crippen LogP contribution is 2.31. The molecule has 1 aromatic heterocycles. The third kappa shape index (κ3) is 3.82. The Morgan fingerprint density at radius 2 is 1.48 bits per heavy atom. The van der Waals surface area contributed by atoms with Crippen molar-refractivity contribution in [2.45, 2.75) is 24.4 Å². The van der Waals surface area contributed by atoms with E-state index in [0.717, 1.165) is 16.3 Å². The number of fused-ring (bicyclic) bond motifs is 1. The van der Waals surface area contributed by atoms with E-state index in [4.69, 9.17) is 0 Å². The van der Waals surface area contributed by atoms with Crippen LogP contribution in [0.25, 0.3) is 11.4 Å². The molecule has 0 fully saturated rings. The van der Waals surface area contributed by atoms with Gasteiger partial charge >= 0.3 is 0 Å². The molecule has 6 nitrogen and oxygen atoms in total. The number of amides is 2. The topological polar surface area (TPSA) is 68.1 Å². The monoisotopic (exact) mass is 458 g/mol. The van der Waals surface area contributed by atoms with Gasteiger partial charge in [-0.3, -0.25) is 9.59 Å². The van der Waals surface area contributed by atoms with Gasteiger partial charge in [0.1, 0.15) is 5.82 Å². The van der Waals surface area contributed by atoms with Crippen molar-refractivity contribution in [2.24, 2.45) is 0 Å². The van der Waals surface area contributed by atoms with Crippen LogP contribution >= 0.6 is 11.8 Å². The first-order chi connectivity index (χ1) is 16.1. The lowest BCUT2D eigenvalue weighted by atomic mass is 10.1. The number of hydrogen-bond donors (Lipinski definition) is 0. The number of imide groups is 1. The van der Waals surface area contributed by atoms with Crippen molar-refractivity contribution in [3.63, 3.8) is 0 Å². The Hall–Kier alpha value is -3.78. The van der Waals surface area contributed by atoms with E-state index in [1.807, 2.05) is 23.6 Å². The van der Waals surface area contributed by atoms with Gasteiger partial charge in [-0.15, -0.1) is 10.2 Å². The molecule has 1 aliphatic rings. The van der Waals surface area contributed by atoms with E-state index in [9.17, 15) is 14.0 Å². The van der Waals surface area contributed by atoms with Gasteiger partial charge in [-0.25, -0.2) is 9.29 Å². The second-order valence-electron chi connectivity index (χ2n) is 7.50. The summed E-state index contributed by atoms with van der Waals surface area (Å²) >= 11 is 1.53. The van der Waals surface area contributed by atoms with Gasteiger partial charge in [0.2, 0.25) is 0 Å². The summed E-state index contributed by atoms with van der Waals surface area (Å²) < 4.78 is 15.1. The standard InChI is InChI=1S/C25H19FN4O2S/c1-2-29-22(27-28-25(29)33-15-16-7-11-18(26)12-8-16)17-9-13-19(14-10-17)30-23(31)20-5-3-4-6-21(20)24(30)32/h3-14H,2,15H2,1H3. The average molecular weight is 459 g/mol. The number of carbonyl (C=O) groups excluding carboxylic acids is 2. The highest BCUT2D eigenvalue weighted by molar-refractivity contribution is 7.98. The zero-order valence-electron chi connectivity index (χ0n) is 17.7. The zero-order valence-corrected chi connectivity index (χ0v) is 18.6. The molecule has 1 aliphatic heterocycles. The number of carbonyl (C=O) groups is 2. The lowest BCUT2D eigenvalue weighted by Crippen LogP contribution is -2.29. The zero-order chi connectivity index (χ0) is 22.9. The molecule has 0 radical (unpaired) electrons. The highest BCUT2D eigenvalue weighted by atomic mass is 32.2. The second-order valence-corrected chi connectivity index (χ2v) is 8.45. The van der Waals surface area contributed by atoms with Crippen LogP contribution in [0.5, 0.6) is 0 Å². The molecule has 0 saturated heterocycles. The minimum Gasteiger partial charge on any atom is -0.302 e. The highest BCUT2D eigenvalue weighted by Gasteiger charge is 2.36. The van der Waals surface area contributed by atoms with Crippen LogP contribution in [-0.2, 0) is 12.3 Å². The molecular formula is C25H19FN4O2S. The normalized spacial score (nSPS) is 13.0. The summed E-state index contributed by atoms with van der Waals surface area (Å²) in [5, 5.41) is 9.45. The van der Waals surface area contributed by atoms with Gasteiger partial charge in [-0.1, -0.05) is 36.0 Å². The van der Waals surface area contributed by atoms with E-state index in [0.29, 0.717) is 34.9 Å². The van der Waals surface area contributed by atoms with Gasteiger partial charge in [-0.2, -0.15) is 0 Å². The molecule has 2 amide bonds. The summed E-state index contributed by atoms with van der Waals surface area (Å²) in [6.07, 6.45) is 0. The van der Waals surface area contributed by atoms with Crippen LogP contribution in [0, 0.1) is 5.82 Å². The van der Waals surface area contributed by atoms with E-state index >= 15 is 0 Å². The summed E-state index contributed by atoms with van der Waals surface area (Å²) in [5.74, 6) is 0.455. The number of benzene rings is 3. The molecule has 0 atom stereocenters. The minimum absolute atomic E-state index is 0.257. The molecule has 2 heterocycles. The molecule has 0 aliphatic carbocycles. The molecule has 5 rings (SSSR count). The van der Waals surface area contributed by atoms with E-state index in [2.05, 4.69) is 10.2 Å². The Morgan fingerprint density at radius 3 is 2.09 bits per heavy atom. The average Bonchev–Trinajstić information content (AvgIpc) is 3.37. The Morgan fingerprint density at radius 1 is 0.848 bits per heavy atom. The van der Waals surface area contributed by atoms with Crippen molar-refractivity contribution in [1.29, 1.82) is 0 Å². The molecular weight excluding hydrogens is 439 g/mol. The third-order valence-electron chi connectivity index (χ3n) is 5.49. The molecule has 3 aromatic carbocycles. The maximum Gasteiger partial charge on any atom is 0.266 e. The van der Waals surface area contributed by atoms with Crippen LogP contribution < -0.4 is 4.90 Å². The van der Waals surface area contributed by atoms with Crippen LogP contribution in [0.2, 0.25) is 0 Å². The molecule has 0 N–H and O–H groups in total. The van der Waals surface area contributed by atoms with Crippen LogP contribution in [-0.4, -0.2) is 26.6 Å². The van der Waals surface area contributed by atoms with Crippen LogP contribution in [0.3, 0.4) is 0 Å². The largest absolute Gasteiger partial charge is 0.302 e. The first kappa shape index (κ1) is 21.1. The van der Waals surface area contributed by atoms with E-state index in [1.165, 1.54) is 28.8 Å². The van der Waals surface area contributed by atoms with Gasteiger partial charge in [-0.05, 0) is 61.0 Å². The van der Waals surface area contributed by atoms with Crippen molar-refractivity contribution >= 4 is 29.3 Å². The number of nitrogens with zero attached hydrogens (tertiary/aromatic N) is 4. The fraction of sp³-hybridized carbons (Fsp3) is 0.120. The molecule has 0 spiro atoms. The summed E-state index contributed by atoms with van der Waals surface area (Å²) in [6.45, 7) is 2.69. The summed E-state index contributed by atoms with van der Waals surface area (Å²) in [5.41, 5.74) is 3.18. The Bertz CT molecular complexity index is 1310. The van der Waals surface area contributed by atoms with Crippen molar-refractivity contribution in [3.05, 3.63) is 95.3 Å². The summed E-state index contributed by atoms with van der Waals surface area (Å²) in [6, 6.07) is 20.4. The van der Waals surface area contributed by atoms with Crippen molar-refractivity contribution in [3.8, 4) is 11.4 Å². The molecule has 164 valence electrons. The third-order valence-corrected chi connectivity index (χ3v) is 6.53. The predicted molar refractivity (Wildman–Crippen MR) is 125 cm³/mol. The maximum absolute atomic E-state index is 13.1. The molecule has 0 bridgehead atoms. The van der Waals surface area contributed by atoms with Crippen molar-refractivity contribution < 1.29 is 14.0 Å². The van der Waals surface area contributed by atoms with Crippen molar-refractivity contribution in [1.82, 2.24) is 14.8 Å².